The second-order valence-corrected chi connectivity index (χ2v) is 6.96. The van der Waals surface area contributed by atoms with Crippen LogP contribution in [0.1, 0.15) is 17.1 Å². The lowest BCUT2D eigenvalue weighted by Crippen LogP contribution is -2.07. The molecule has 4 rings (SSSR count). The van der Waals surface area contributed by atoms with Gasteiger partial charge in [0.05, 0.1) is 24.2 Å². The number of anilines is 2. The number of hydrogen-bond acceptors (Lipinski definition) is 5. The smallest absolute Gasteiger partial charge is 0.202 e. The predicted octanol–water partition coefficient (Wildman–Crippen LogP) is 5.31. The molecular weight excluding hydrogens is 344 g/mol. The molecule has 4 aromatic rings. The van der Waals surface area contributed by atoms with E-state index in [2.05, 4.69) is 40.7 Å². The Labute approximate surface area is 156 Å². The molecule has 3 aromatic heterocycles. The third-order valence-electron chi connectivity index (χ3n) is 4.34. The molecule has 5 nitrogen and oxygen atoms in total. The fourth-order valence-corrected chi connectivity index (χ4v) is 3.63. The fraction of sp³-hybridized carbons (Fsp3) is 0.150. The van der Waals surface area contributed by atoms with Crippen molar-refractivity contribution in [2.24, 2.45) is 0 Å². The lowest BCUT2D eigenvalue weighted by atomic mass is 10.2. The molecule has 0 fully saturated rings. The Morgan fingerprint density at radius 3 is 2.69 bits per heavy atom. The minimum Gasteiger partial charge on any atom is -0.467 e. The van der Waals surface area contributed by atoms with Crippen LogP contribution in [-0.2, 0) is 6.54 Å². The maximum Gasteiger partial charge on any atom is 0.202 e. The van der Waals surface area contributed by atoms with Crippen molar-refractivity contribution in [2.45, 2.75) is 20.4 Å². The number of para-hydroxylation sites is 1. The molecule has 0 radical (unpaired) electrons. The van der Waals surface area contributed by atoms with E-state index in [1.165, 1.54) is 11.4 Å². The first-order valence-corrected chi connectivity index (χ1v) is 9.31. The van der Waals surface area contributed by atoms with Gasteiger partial charge in [0.25, 0.3) is 0 Å². The Balaban J connectivity index is 1.52. The highest BCUT2D eigenvalue weighted by Gasteiger charge is 2.14. The molecule has 0 aliphatic carbocycles. The van der Waals surface area contributed by atoms with Gasteiger partial charge in [-0.25, -0.2) is 4.98 Å². The van der Waals surface area contributed by atoms with Crippen LogP contribution in [0.2, 0.25) is 0 Å². The molecule has 1 aromatic carbocycles. The summed E-state index contributed by atoms with van der Waals surface area (Å²) in [5, 5.41) is 2.91. The minimum atomic E-state index is 0.732. The van der Waals surface area contributed by atoms with Gasteiger partial charge in [-0.15, -0.1) is 11.3 Å². The molecule has 2 N–H and O–H groups in total. The summed E-state index contributed by atoms with van der Waals surface area (Å²) >= 11 is 1.58. The van der Waals surface area contributed by atoms with Crippen LogP contribution in [0.25, 0.3) is 11.3 Å². The second kappa shape index (κ2) is 7.09. The Morgan fingerprint density at radius 1 is 1.08 bits per heavy atom. The van der Waals surface area contributed by atoms with Crippen LogP contribution < -0.4 is 10.9 Å². The van der Waals surface area contributed by atoms with Crippen LogP contribution in [0, 0.1) is 13.8 Å². The van der Waals surface area contributed by atoms with Crippen molar-refractivity contribution < 1.29 is 4.42 Å². The second-order valence-electron chi connectivity index (χ2n) is 6.10. The van der Waals surface area contributed by atoms with Crippen LogP contribution in [-0.4, -0.2) is 9.55 Å². The molecule has 0 atom stereocenters. The van der Waals surface area contributed by atoms with Crippen molar-refractivity contribution in [2.75, 3.05) is 10.9 Å². The van der Waals surface area contributed by atoms with E-state index >= 15 is 0 Å². The first kappa shape index (κ1) is 16.5. The number of nitrogens with zero attached hydrogens (tertiary/aromatic N) is 2. The van der Waals surface area contributed by atoms with Crippen LogP contribution in [0.4, 0.5) is 10.8 Å². The molecule has 0 bridgehead atoms. The summed E-state index contributed by atoms with van der Waals surface area (Å²) < 4.78 is 7.74. The Hall–Kier alpha value is -2.99. The summed E-state index contributed by atoms with van der Waals surface area (Å²) in [6.45, 7) is 4.97. The van der Waals surface area contributed by atoms with Gasteiger partial charge in [0, 0.05) is 22.3 Å². The van der Waals surface area contributed by atoms with Gasteiger partial charge < -0.3 is 8.98 Å². The maximum absolute atomic E-state index is 5.49. The lowest BCUT2D eigenvalue weighted by molar-refractivity contribution is 0.489. The molecular formula is C20H20N4OS. The highest BCUT2D eigenvalue weighted by Crippen LogP contribution is 2.30. The van der Waals surface area contributed by atoms with Gasteiger partial charge in [-0.2, -0.15) is 0 Å². The van der Waals surface area contributed by atoms with E-state index in [0.717, 1.165) is 34.4 Å². The van der Waals surface area contributed by atoms with E-state index < -0.39 is 0 Å². The number of nitrogens with one attached hydrogen (secondary N) is 2. The number of hydrazine groups is 1. The summed E-state index contributed by atoms with van der Waals surface area (Å²) in [4.78, 5) is 4.72. The largest absolute Gasteiger partial charge is 0.467 e. The molecule has 0 spiro atoms. The monoisotopic (exact) mass is 364 g/mol. The van der Waals surface area contributed by atoms with Gasteiger partial charge >= 0.3 is 0 Å². The zero-order valence-electron chi connectivity index (χ0n) is 14.7. The zero-order chi connectivity index (χ0) is 17.9. The van der Waals surface area contributed by atoms with Crippen molar-refractivity contribution in [1.82, 2.24) is 9.55 Å². The number of aryl methyl sites for hydroxylation is 1. The van der Waals surface area contributed by atoms with Gasteiger partial charge in [0.1, 0.15) is 5.76 Å². The van der Waals surface area contributed by atoms with Gasteiger partial charge in [-0.3, -0.25) is 10.9 Å². The normalized spacial score (nSPS) is 10.8. The van der Waals surface area contributed by atoms with Crippen molar-refractivity contribution in [3.8, 4) is 11.3 Å². The van der Waals surface area contributed by atoms with E-state index in [4.69, 9.17) is 9.40 Å². The minimum absolute atomic E-state index is 0.732. The molecule has 6 heteroatoms. The molecule has 3 heterocycles. The third kappa shape index (κ3) is 3.36. The third-order valence-corrected chi connectivity index (χ3v) is 5.09. The molecule has 132 valence electrons. The van der Waals surface area contributed by atoms with Gasteiger partial charge in [0.15, 0.2) is 0 Å². The van der Waals surface area contributed by atoms with Crippen LogP contribution in [0.3, 0.4) is 0 Å². The SMILES string of the molecule is Cc1cc(-c2csc(NNc3ccccc3)n2)c(C)n1Cc1ccco1. The maximum atomic E-state index is 5.49. The van der Waals surface area contributed by atoms with Gasteiger partial charge in [0.2, 0.25) is 5.13 Å². The number of furan rings is 1. The van der Waals surface area contributed by atoms with Crippen molar-refractivity contribution in [3.63, 3.8) is 0 Å². The average Bonchev–Trinajstić information content (AvgIpc) is 3.39. The first-order chi connectivity index (χ1) is 12.7. The summed E-state index contributed by atoms with van der Waals surface area (Å²) in [5.41, 5.74) is 11.8. The number of thiazole rings is 1. The topological polar surface area (TPSA) is 55.0 Å². The van der Waals surface area contributed by atoms with Gasteiger partial charge in [-0.1, -0.05) is 18.2 Å². The number of rotatable bonds is 6. The lowest BCUT2D eigenvalue weighted by Gasteiger charge is -2.07. The average molecular weight is 364 g/mol. The number of aromatic nitrogens is 2. The quantitative estimate of drug-likeness (QED) is 0.455. The molecule has 0 amide bonds. The van der Waals surface area contributed by atoms with Crippen LogP contribution in [0.15, 0.2) is 64.6 Å². The Bertz CT molecular complexity index is 986. The van der Waals surface area contributed by atoms with E-state index in [1.807, 2.05) is 42.5 Å². The molecule has 0 saturated carbocycles. The first-order valence-electron chi connectivity index (χ1n) is 8.43. The van der Waals surface area contributed by atoms with E-state index in [9.17, 15) is 0 Å². The van der Waals surface area contributed by atoms with E-state index in [0.29, 0.717) is 0 Å². The van der Waals surface area contributed by atoms with E-state index in [-0.39, 0.29) is 0 Å². The summed E-state index contributed by atoms with van der Waals surface area (Å²) in [7, 11) is 0. The molecule has 26 heavy (non-hydrogen) atoms. The standard InChI is InChI=1S/C20H20N4OS/c1-14-11-18(15(2)24(14)12-17-9-6-10-25-17)19-13-26-20(21-19)23-22-16-7-4-3-5-8-16/h3-11,13,22H,12H2,1-2H3,(H,21,23). The van der Waals surface area contributed by atoms with Crippen LogP contribution >= 0.6 is 11.3 Å². The Morgan fingerprint density at radius 2 is 1.92 bits per heavy atom. The Kier molecular flexibility index (Phi) is 4.50. The highest BCUT2D eigenvalue weighted by molar-refractivity contribution is 7.14. The summed E-state index contributed by atoms with van der Waals surface area (Å²) in [6.07, 6.45) is 1.71. The molecule has 0 saturated heterocycles. The molecule has 0 aliphatic heterocycles. The molecule has 0 unspecified atom stereocenters. The van der Waals surface area contributed by atoms with Crippen molar-refractivity contribution in [3.05, 3.63) is 77.3 Å². The molecule has 0 aliphatic rings. The predicted molar refractivity (Wildman–Crippen MR) is 107 cm³/mol. The van der Waals surface area contributed by atoms with Crippen molar-refractivity contribution in [1.29, 1.82) is 0 Å². The number of benzene rings is 1. The zero-order valence-corrected chi connectivity index (χ0v) is 15.5. The summed E-state index contributed by atoms with van der Waals surface area (Å²) in [5.74, 6) is 0.950. The van der Waals surface area contributed by atoms with Crippen LogP contribution in [0.5, 0.6) is 0 Å². The van der Waals surface area contributed by atoms with E-state index in [1.54, 1.807) is 17.6 Å². The van der Waals surface area contributed by atoms with Crippen molar-refractivity contribution >= 4 is 22.2 Å². The fourth-order valence-electron chi connectivity index (χ4n) is 2.96. The van der Waals surface area contributed by atoms with Gasteiger partial charge in [-0.05, 0) is 44.2 Å². The highest BCUT2D eigenvalue weighted by atomic mass is 32.1. The number of hydrogen-bond donors (Lipinski definition) is 2. The summed E-state index contributed by atoms with van der Waals surface area (Å²) in [6, 6.07) is 16.1.